The summed E-state index contributed by atoms with van der Waals surface area (Å²) in [5, 5.41) is 9.06. The zero-order valence-corrected chi connectivity index (χ0v) is 10.9. The van der Waals surface area contributed by atoms with Crippen molar-refractivity contribution >= 4 is 35.1 Å². The zero-order valence-electron chi connectivity index (χ0n) is 9.35. The van der Waals surface area contributed by atoms with Crippen molar-refractivity contribution in [3.05, 3.63) is 34.9 Å². The van der Waals surface area contributed by atoms with Gasteiger partial charge in [-0.3, -0.25) is 4.79 Å². The minimum absolute atomic E-state index is 0.225. The monoisotopic (exact) mass is 287 g/mol. The number of carbonyl (C=O) groups excluding carboxylic acids is 1. The van der Waals surface area contributed by atoms with E-state index in [1.54, 1.807) is 24.3 Å². The van der Waals surface area contributed by atoms with Gasteiger partial charge in [0.1, 0.15) is 6.04 Å². The van der Waals surface area contributed by atoms with Crippen molar-refractivity contribution in [2.45, 2.75) is 17.8 Å². The topological polar surface area (TPSA) is 57.6 Å². The zero-order chi connectivity index (χ0) is 13.3. The molecule has 0 aliphatic carbocycles. The van der Waals surface area contributed by atoms with Crippen molar-refractivity contribution in [2.75, 3.05) is 6.54 Å². The molecule has 96 valence electrons. The van der Waals surface area contributed by atoms with Crippen LogP contribution in [-0.2, 0) is 4.79 Å². The second-order valence-electron chi connectivity index (χ2n) is 4.12. The van der Waals surface area contributed by atoms with Crippen LogP contribution in [0.5, 0.6) is 0 Å². The van der Waals surface area contributed by atoms with Crippen LogP contribution in [0.4, 0.5) is 0 Å². The number of hydrogen-bond donors (Lipinski definition) is 1. The number of halogens is 2. The maximum atomic E-state index is 12.2. The summed E-state index contributed by atoms with van der Waals surface area (Å²) in [4.78, 5) is 24.6. The molecule has 0 spiro atoms. The van der Waals surface area contributed by atoms with Crippen molar-refractivity contribution in [1.29, 1.82) is 0 Å². The minimum atomic E-state index is -1.04. The van der Waals surface area contributed by atoms with Gasteiger partial charge in [0.15, 0.2) is 0 Å². The Bertz CT molecular complexity index is 492. The van der Waals surface area contributed by atoms with Gasteiger partial charge in [0.05, 0.1) is 16.0 Å². The fourth-order valence-corrected chi connectivity index (χ4v) is 2.57. The van der Waals surface area contributed by atoms with Crippen molar-refractivity contribution < 1.29 is 14.7 Å². The van der Waals surface area contributed by atoms with E-state index < -0.39 is 17.9 Å². The molecule has 1 amide bonds. The van der Waals surface area contributed by atoms with Crippen LogP contribution >= 0.6 is 23.2 Å². The molecule has 0 unspecified atom stereocenters. The van der Waals surface area contributed by atoms with E-state index in [2.05, 4.69) is 0 Å². The van der Waals surface area contributed by atoms with E-state index >= 15 is 0 Å². The predicted molar refractivity (Wildman–Crippen MR) is 68.2 cm³/mol. The van der Waals surface area contributed by atoms with Crippen LogP contribution in [0.25, 0.3) is 0 Å². The minimum Gasteiger partial charge on any atom is -0.480 e. The molecule has 1 aromatic carbocycles. The third-order valence-corrected chi connectivity index (χ3v) is 3.55. The molecular weight excluding hydrogens is 277 g/mol. The molecule has 0 aromatic heterocycles. The molecular formula is C12H11Cl2NO3. The molecule has 0 radical (unpaired) electrons. The molecule has 1 aliphatic rings. The van der Waals surface area contributed by atoms with Gasteiger partial charge in [-0.1, -0.05) is 23.7 Å². The lowest BCUT2D eigenvalue weighted by Crippen LogP contribution is -2.40. The fourth-order valence-electron chi connectivity index (χ4n) is 2.03. The molecule has 1 N–H and O–H groups in total. The number of alkyl halides is 1. The van der Waals surface area contributed by atoms with Crippen LogP contribution in [0.15, 0.2) is 24.3 Å². The second kappa shape index (κ2) is 5.16. The quantitative estimate of drug-likeness (QED) is 0.849. The van der Waals surface area contributed by atoms with E-state index in [1.807, 2.05) is 0 Å². The number of benzene rings is 1. The summed E-state index contributed by atoms with van der Waals surface area (Å²) in [5.74, 6) is -1.44. The highest BCUT2D eigenvalue weighted by Gasteiger charge is 2.39. The Kier molecular flexibility index (Phi) is 3.78. The van der Waals surface area contributed by atoms with Gasteiger partial charge in [-0.15, -0.1) is 11.6 Å². The SMILES string of the molecule is O=C(O)[C@@H]1C[C@@H](Cl)CN1C(=O)c1ccccc1Cl. The molecule has 18 heavy (non-hydrogen) atoms. The Morgan fingerprint density at radius 1 is 1.33 bits per heavy atom. The Morgan fingerprint density at radius 2 is 2.00 bits per heavy atom. The van der Waals surface area contributed by atoms with Crippen molar-refractivity contribution in [3.63, 3.8) is 0 Å². The second-order valence-corrected chi connectivity index (χ2v) is 5.15. The van der Waals surface area contributed by atoms with Crippen LogP contribution < -0.4 is 0 Å². The van der Waals surface area contributed by atoms with Crippen LogP contribution in [0.3, 0.4) is 0 Å². The number of likely N-dealkylation sites (tertiary alicyclic amines) is 1. The van der Waals surface area contributed by atoms with Gasteiger partial charge >= 0.3 is 5.97 Å². The first kappa shape index (κ1) is 13.2. The summed E-state index contributed by atoms with van der Waals surface area (Å²) < 4.78 is 0. The molecule has 6 heteroatoms. The average molecular weight is 288 g/mol. The third-order valence-electron chi connectivity index (χ3n) is 2.90. The number of amides is 1. The molecule has 1 aliphatic heterocycles. The summed E-state index contributed by atoms with van der Waals surface area (Å²) in [7, 11) is 0. The molecule has 1 aromatic rings. The summed E-state index contributed by atoms with van der Waals surface area (Å²) in [5.41, 5.74) is 0.302. The van der Waals surface area contributed by atoms with Gasteiger partial charge in [-0.25, -0.2) is 4.79 Å². The summed E-state index contributed by atoms with van der Waals surface area (Å²) in [6.45, 7) is 0.225. The number of carboxylic acids is 1. The van der Waals surface area contributed by atoms with E-state index in [-0.39, 0.29) is 18.3 Å². The molecule has 2 atom stereocenters. The number of carbonyl (C=O) groups is 2. The molecule has 0 bridgehead atoms. The lowest BCUT2D eigenvalue weighted by Gasteiger charge is -2.21. The number of rotatable bonds is 2. The van der Waals surface area contributed by atoms with Crippen molar-refractivity contribution in [2.24, 2.45) is 0 Å². The smallest absolute Gasteiger partial charge is 0.326 e. The fraction of sp³-hybridized carbons (Fsp3) is 0.333. The van der Waals surface area contributed by atoms with E-state index in [9.17, 15) is 9.59 Å². The molecule has 1 heterocycles. The number of hydrogen-bond acceptors (Lipinski definition) is 2. The highest BCUT2D eigenvalue weighted by molar-refractivity contribution is 6.33. The van der Waals surface area contributed by atoms with Crippen LogP contribution in [0.2, 0.25) is 5.02 Å². The average Bonchev–Trinajstić information content (AvgIpc) is 2.71. The summed E-state index contributed by atoms with van der Waals surface area (Å²) in [6, 6.07) is 5.69. The molecule has 4 nitrogen and oxygen atoms in total. The maximum absolute atomic E-state index is 12.2. The van der Waals surface area contributed by atoms with Crippen LogP contribution in [-0.4, -0.2) is 39.8 Å². The van der Waals surface area contributed by atoms with E-state index in [0.29, 0.717) is 10.6 Å². The van der Waals surface area contributed by atoms with Gasteiger partial charge in [-0.05, 0) is 18.6 Å². The number of aliphatic carboxylic acids is 1. The van der Waals surface area contributed by atoms with Crippen molar-refractivity contribution in [1.82, 2.24) is 4.90 Å². The van der Waals surface area contributed by atoms with Crippen LogP contribution in [0.1, 0.15) is 16.8 Å². The molecule has 2 rings (SSSR count). The summed E-state index contributed by atoms with van der Waals surface area (Å²) >= 11 is 11.9. The van der Waals surface area contributed by atoms with Gasteiger partial charge in [0.25, 0.3) is 5.91 Å². The highest BCUT2D eigenvalue weighted by Crippen LogP contribution is 2.26. The van der Waals surface area contributed by atoms with Crippen LogP contribution in [0, 0.1) is 0 Å². The standard InChI is InChI=1S/C12H11Cl2NO3/c13-7-5-10(12(17)18)15(6-7)11(16)8-3-1-2-4-9(8)14/h1-4,7,10H,5-6H2,(H,17,18)/t7-,10+/m1/s1. The Balaban J connectivity index is 2.28. The van der Waals surface area contributed by atoms with E-state index in [0.717, 1.165) is 0 Å². The Morgan fingerprint density at radius 3 is 2.61 bits per heavy atom. The largest absolute Gasteiger partial charge is 0.480 e. The number of nitrogens with zero attached hydrogens (tertiary/aromatic N) is 1. The van der Waals surface area contributed by atoms with Gasteiger partial charge in [0, 0.05) is 6.54 Å². The third kappa shape index (κ3) is 2.44. The predicted octanol–water partition coefficient (Wildman–Crippen LogP) is 2.25. The highest BCUT2D eigenvalue weighted by atomic mass is 35.5. The summed E-state index contributed by atoms with van der Waals surface area (Å²) in [6.07, 6.45) is 0.257. The maximum Gasteiger partial charge on any atom is 0.326 e. The van der Waals surface area contributed by atoms with E-state index in [4.69, 9.17) is 28.3 Å². The van der Waals surface area contributed by atoms with Gasteiger partial charge < -0.3 is 10.0 Å². The van der Waals surface area contributed by atoms with E-state index in [1.165, 1.54) is 4.90 Å². The molecule has 1 fully saturated rings. The van der Waals surface area contributed by atoms with Crippen molar-refractivity contribution in [3.8, 4) is 0 Å². The first-order valence-corrected chi connectivity index (χ1v) is 6.24. The lowest BCUT2D eigenvalue weighted by molar-refractivity contribution is -0.141. The van der Waals surface area contributed by atoms with Gasteiger partial charge in [0.2, 0.25) is 0 Å². The Labute approximate surface area is 114 Å². The Hall–Kier alpha value is -1.26. The number of carboxylic acid groups (broad SMARTS) is 1. The molecule has 0 saturated carbocycles. The first-order chi connectivity index (χ1) is 8.50. The lowest BCUT2D eigenvalue weighted by atomic mass is 10.1. The van der Waals surface area contributed by atoms with Gasteiger partial charge in [-0.2, -0.15) is 0 Å². The molecule has 1 saturated heterocycles. The normalized spacial score (nSPS) is 23.1. The first-order valence-electron chi connectivity index (χ1n) is 5.43.